The Balaban J connectivity index is 1.86. The summed E-state index contributed by atoms with van der Waals surface area (Å²) in [5, 5.41) is 5.21. The van der Waals surface area contributed by atoms with Gasteiger partial charge < -0.3 is 9.47 Å². The Labute approximate surface area is 128 Å². The van der Waals surface area contributed by atoms with Crippen molar-refractivity contribution < 1.29 is 4.79 Å². The number of nitrogens with zero attached hydrogens (tertiary/aromatic N) is 5. The van der Waals surface area contributed by atoms with E-state index >= 15 is 0 Å². The molecule has 0 aliphatic carbocycles. The van der Waals surface area contributed by atoms with E-state index in [2.05, 4.69) is 23.1 Å². The van der Waals surface area contributed by atoms with Crippen LogP contribution in [0.1, 0.15) is 21.7 Å². The molecular weight excluding hydrogens is 278 g/mol. The minimum Gasteiger partial charge on any atom is -0.319 e. The van der Waals surface area contributed by atoms with Crippen LogP contribution >= 0.6 is 0 Å². The SMILES string of the molecule is Cc1cc(C)c2cc3n(c2n1)CCN(c1cnn(C)c1)C3=O. The third-order valence-electron chi connectivity index (χ3n) is 4.22. The van der Waals surface area contributed by atoms with E-state index in [4.69, 9.17) is 0 Å². The average Bonchev–Trinajstić information content (AvgIpc) is 3.04. The fraction of sp³-hybridized carbons (Fsp3) is 0.312. The highest BCUT2D eigenvalue weighted by atomic mass is 16.2. The van der Waals surface area contributed by atoms with Gasteiger partial charge >= 0.3 is 0 Å². The van der Waals surface area contributed by atoms with Crippen LogP contribution in [0.15, 0.2) is 24.5 Å². The molecule has 0 atom stereocenters. The molecule has 0 bridgehead atoms. The van der Waals surface area contributed by atoms with E-state index in [1.54, 1.807) is 15.8 Å². The van der Waals surface area contributed by atoms with Crippen LogP contribution in [0, 0.1) is 13.8 Å². The molecule has 0 N–H and O–H groups in total. The fourth-order valence-corrected chi connectivity index (χ4v) is 3.18. The minimum absolute atomic E-state index is 0.00861. The second kappa shape index (κ2) is 4.43. The molecule has 0 aromatic carbocycles. The lowest BCUT2D eigenvalue weighted by molar-refractivity contribution is 0.0966. The molecule has 0 radical (unpaired) electrons. The van der Waals surface area contributed by atoms with Crippen molar-refractivity contribution in [3.05, 3.63) is 41.5 Å². The van der Waals surface area contributed by atoms with Crippen molar-refractivity contribution in [1.29, 1.82) is 0 Å². The largest absolute Gasteiger partial charge is 0.319 e. The molecule has 4 rings (SSSR count). The van der Waals surface area contributed by atoms with Crippen LogP contribution < -0.4 is 4.90 Å². The highest BCUT2D eigenvalue weighted by Crippen LogP contribution is 2.28. The summed E-state index contributed by atoms with van der Waals surface area (Å²) in [6.07, 6.45) is 3.59. The molecular formula is C16H17N5O. The van der Waals surface area contributed by atoms with Crippen LogP contribution in [-0.2, 0) is 13.6 Å². The van der Waals surface area contributed by atoms with Gasteiger partial charge in [-0.25, -0.2) is 4.98 Å². The lowest BCUT2D eigenvalue weighted by Crippen LogP contribution is -2.40. The second-order valence-corrected chi connectivity index (χ2v) is 5.83. The first-order chi connectivity index (χ1) is 10.5. The highest BCUT2D eigenvalue weighted by Gasteiger charge is 2.28. The number of anilines is 1. The Morgan fingerprint density at radius 2 is 2.00 bits per heavy atom. The van der Waals surface area contributed by atoms with Crippen molar-refractivity contribution in [3.63, 3.8) is 0 Å². The molecule has 22 heavy (non-hydrogen) atoms. The zero-order chi connectivity index (χ0) is 15.4. The predicted octanol–water partition coefficient (Wildman–Crippen LogP) is 2.05. The summed E-state index contributed by atoms with van der Waals surface area (Å²) in [6.45, 7) is 5.43. The number of pyridine rings is 1. The number of carbonyl (C=O) groups excluding carboxylic acids is 1. The van der Waals surface area contributed by atoms with Crippen LogP contribution in [0.5, 0.6) is 0 Å². The molecule has 3 aromatic heterocycles. The van der Waals surface area contributed by atoms with Gasteiger partial charge in [0, 0.05) is 37.4 Å². The maximum absolute atomic E-state index is 12.8. The predicted molar refractivity (Wildman–Crippen MR) is 84.1 cm³/mol. The number of carbonyl (C=O) groups is 1. The van der Waals surface area contributed by atoms with Gasteiger partial charge in [0.05, 0.1) is 11.9 Å². The second-order valence-electron chi connectivity index (χ2n) is 5.83. The van der Waals surface area contributed by atoms with E-state index < -0.39 is 0 Å². The Morgan fingerprint density at radius 3 is 2.73 bits per heavy atom. The number of hydrogen-bond acceptors (Lipinski definition) is 3. The summed E-state index contributed by atoms with van der Waals surface area (Å²) in [7, 11) is 1.85. The molecule has 0 fully saturated rings. The number of aryl methyl sites for hydroxylation is 3. The molecule has 1 aliphatic heterocycles. The monoisotopic (exact) mass is 295 g/mol. The minimum atomic E-state index is 0.00861. The summed E-state index contributed by atoms with van der Waals surface area (Å²) in [5.41, 5.74) is 4.58. The molecule has 3 aromatic rings. The molecule has 1 aliphatic rings. The van der Waals surface area contributed by atoms with Gasteiger partial charge in [-0.05, 0) is 31.5 Å². The first kappa shape index (κ1) is 13.1. The lowest BCUT2D eigenvalue weighted by Gasteiger charge is -2.27. The van der Waals surface area contributed by atoms with E-state index in [0.717, 1.165) is 34.5 Å². The lowest BCUT2D eigenvalue weighted by atomic mass is 10.2. The summed E-state index contributed by atoms with van der Waals surface area (Å²) < 4.78 is 3.74. The van der Waals surface area contributed by atoms with Crippen LogP contribution in [-0.4, -0.2) is 31.8 Å². The molecule has 6 heteroatoms. The number of amides is 1. The number of fused-ring (bicyclic) bond motifs is 3. The summed E-state index contributed by atoms with van der Waals surface area (Å²) >= 11 is 0. The van der Waals surface area contributed by atoms with E-state index in [1.165, 1.54) is 0 Å². The number of rotatable bonds is 1. The first-order valence-corrected chi connectivity index (χ1v) is 7.32. The van der Waals surface area contributed by atoms with Crippen LogP contribution in [0.25, 0.3) is 11.0 Å². The van der Waals surface area contributed by atoms with E-state index in [9.17, 15) is 4.79 Å². The van der Waals surface area contributed by atoms with Crippen molar-refractivity contribution in [3.8, 4) is 0 Å². The Hall–Kier alpha value is -2.63. The standard InChI is InChI=1S/C16H17N5O/c1-10-6-11(2)18-15-13(10)7-14-16(22)20(4-5-21(14)15)12-8-17-19(3)9-12/h6-9H,4-5H2,1-3H3. The smallest absolute Gasteiger partial charge is 0.275 e. The van der Waals surface area contributed by atoms with Crippen molar-refractivity contribution in [2.75, 3.05) is 11.4 Å². The summed E-state index contributed by atoms with van der Waals surface area (Å²) in [6, 6.07) is 4.01. The Bertz CT molecular complexity index is 905. The van der Waals surface area contributed by atoms with Gasteiger partial charge in [0.2, 0.25) is 0 Å². The Morgan fingerprint density at radius 1 is 1.18 bits per heavy atom. The van der Waals surface area contributed by atoms with Gasteiger partial charge in [-0.15, -0.1) is 0 Å². The van der Waals surface area contributed by atoms with Crippen LogP contribution in [0.3, 0.4) is 0 Å². The Kier molecular flexibility index (Phi) is 2.63. The van der Waals surface area contributed by atoms with Crippen LogP contribution in [0.4, 0.5) is 5.69 Å². The van der Waals surface area contributed by atoms with Gasteiger partial charge in [0.1, 0.15) is 11.3 Å². The molecule has 0 unspecified atom stereocenters. The topological polar surface area (TPSA) is 56.0 Å². The van der Waals surface area contributed by atoms with Crippen molar-refractivity contribution in [2.45, 2.75) is 20.4 Å². The maximum Gasteiger partial charge on any atom is 0.275 e. The summed E-state index contributed by atoms with van der Waals surface area (Å²) in [4.78, 5) is 19.2. The maximum atomic E-state index is 12.8. The van der Waals surface area contributed by atoms with Gasteiger partial charge in [0.15, 0.2) is 0 Å². The van der Waals surface area contributed by atoms with Crippen molar-refractivity contribution in [2.24, 2.45) is 7.05 Å². The number of hydrogen-bond donors (Lipinski definition) is 0. The molecule has 0 saturated heterocycles. The zero-order valence-electron chi connectivity index (χ0n) is 12.9. The third-order valence-corrected chi connectivity index (χ3v) is 4.22. The summed E-state index contributed by atoms with van der Waals surface area (Å²) in [5.74, 6) is 0.00861. The first-order valence-electron chi connectivity index (χ1n) is 7.32. The number of aromatic nitrogens is 4. The molecule has 1 amide bonds. The van der Waals surface area contributed by atoms with Gasteiger partial charge in [-0.1, -0.05) is 0 Å². The van der Waals surface area contributed by atoms with Crippen LogP contribution in [0.2, 0.25) is 0 Å². The molecule has 4 heterocycles. The van der Waals surface area contributed by atoms with Gasteiger partial charge in [-0.3, -0.25) is 9.48 Å². The normalized spacial score (nSPS) is 14.7. The van der Waals surface area contributed by atoms with E-state index in [1.807, 2.05) is 30.8 Å². The molecule has 6 nitrogen and oxygen atoms in total. The van der Waals surface area contributed by atoms with Crippen molar-refractivity contribution >= 4 is 22.6 Å². The molecule has 112 valence electrons. The average molecular weight is 295 g/mol. The zero-order valence-corrected chi connectivity index (χ0v) is 12.9. The fourth-order valence-electron chi connectivity index (χ4n) is 3.18. The van der Waals surface area contributed by atoms with Crippen molar-refractivity contribution in [1.82, 2.24) is 19.3 Å². The molecule has 0 saturated carbocycles. The van der Waals surface area contributed by atoms with E-state index in [0.29, 0.717) is 12.2 Å². The highest BCUT2D eigenvalue weighted by molar-refractivity contribution is 6.08. The van der Waals surface area contributed by atoms with Gasteiger partial charge in [-0.2, -0.15) is 5.10 Å². The molecule has 0 spiro atoms. The third kappa shape index (κ3) is 1.76. The quantitative estimate of drug-likeness (QED) is 0.690. The van der Waals surface area contributed by atoms with Gasteiger partial charge in [0.25, 0.3) is 5.91 Å². The van der Waals surface area contributed by atoms with E-state index in [-0.39, 0.29) is 5.91 Å².